The van der Waals surface area contributed by atoms with Gasteiger partial charge in [0.1, 0.15) is 0 Å². The van der Waals surface area contributed by atoms with Gasteiger partial charge in [0.15, 0.2) is 0 Å². The van der Waals surface area contributed by atoms with E-state index in [0.717, 1.165) is 19.5 Å². The summed E-state index contributed by atoms with van der Waals surface area (Å²) in [4.78, 5) is 23.7. The molecule has 0 radical (unpaired) electrons. The molecule has 0 aliphatic carbocycles. The lowest BCUT2D eigenvalue weighted by Crippen LogP contribution is -2.48. The molecule has 21 heavy (non-hydrogen) atoms. The van der Waals surface area contributed by atoms with E-state index in [2.05, 4.69) is 22.9 Å². The summed E-state index contributed by atoms with van der Waals surface area (Å²) in [5, 5.41) is 9.17. The summed E-state index contributed by atoms with van der Waals surface area (Å²) in [5.41, 5.74) is 1.24. The molecule has 5 nitrogen and oxygen atoms in total. The van der Waals surface area contributed by atoms with Crippen molar-refractivity contribution in [1.29, 1.82) is 0 Å². The Morgan fingerprint density at radius 2 is 2.19 bits per heavy atom. The van der Waals surface area contributed by atoms with Crippen LogP contribution in [0.1, 0.15) is 37.0 Å². The van der Waals surface area contributed by atoms with Gasteiger partial charge in [0, 0.05) is 23.7 Å². The Hall–Kier alpha value is -1.88. The van der Waals surface area contributed by atoms with Crippen molar-refractivity contribution in [2.24, 2.45) is 5.92 Å². The highest BCUT2D eigenvalue weighted by Crippen LogP contribution is 2.14. The predicted molar refractivity (Wildman–Crippen MR) is 83.3 cm³/mol. The maximum Gasteiger partial charge on any atom is 0.251 e. The lowest BCUT2D eigenvalue weighted by atomic mass is 9.95. The van der Waals surface area contributed by atoms with Crippen molar-refractivity contribution >= 4 is 17.5 Å². The van der Waals surface area contributed by atoms with Gasteiger partial charge in [0.25, 0.3) is 5.91 Å². The maximum absolute atomic E-state index is 12.3. The summed E-state index contributed by atoms with van der Waals surface area (Å²) in [5.74, 6) is 0.284. The Morgan fingerprint density at radius 3 is 2.90 bits per heavy atom. The molecule has 2 unspecified atom stereocenters. The molecule has 2 atom stereocenters. The van der Waals surface area contributed by atoms with Gasteiger partial charge < -0.3 is 16.0 Å². The summed E-state index contributed by atoms with van der Waals surface area (Å²) in [7, 11) is 0. The molecular weight excluding hydrogens is 266 g/mol. The lowest BCUT2D eigenvalue weighted by molar-refractivity contribution is -0.115. The van der Waals surface area contributed by atoms with Crippen molar-refractivity contribution in [3.05, 3.63) is 29.8 Å². The molecule has 0 saturated carbocycles. The van der Waals surface area contributed by atoms with Crippen LogP contribution in [0.15, 0.2) is 24.3 Å². The molecule has 1 aliphatic rings. The van der Waals surface area contributed by atoms with Crippen molar-refractivity contribution in [3.63, 3.8) is 0 Å². The van der Waals surface area contributed by atoms with E-state index in [4.69, 9.17) is 0 Å². The number of rotatable bonds is 4. The second kappa shape index (κ2) is 7.22. The van der Waals surface area contributed by atoms with Gasteiger partial charge in [-0.15, -0.1) is 0 Å². The van der Waals surface area contributed by atoms with E-state index in [0.29, 0.717) is 23.6 Å². The number of carbonyl (C=O) groups excluding carboxylic acids is 2. The van der Waals surface area contributed by atoms with Crippen LogP contribution in [0.2, 0.25) is 0 Å². The Bertz CT molecular complexity index is 516. The van der Waals surface area contributed by atoms with Crippen molar-refractivity contribution in [1.82, 2.24) is 10.6 Å². The lowest BCUT2D eigenvalue weighted by Gasteiger charge is -2.30. The first-order chi connectivity index (χ1) is 10.1. The highest BCUT2D eigenvalue weighted by atomic mass is 16.2. The topological polar surface area (TPSA) is 70.2 Å². The number of carbonyl (C=O) groups is 2. The summed E-state index contributed by atoms with van der Waals surface area (Å²) in [6.45, 7) is 5.79. The largest absolute Gasteiger partial charge is 0.349 e. The highest BCUT2D eigenvalue weighted by Gasteiger charge is 2.23. The van der Waals surface area contributed by atoms with Gasteiger partial charge in [-0.1, -0.05) is 19.9 Å². The Morgan fingerprint density at radius 1 is 1.38 bits per heavy atom. The summed E-state index contributed by atoms with van der Waals surface area (Å²) in [6, 6.07) is 7.26. The zero-order chi connectivity index (χ0) is 15.2. The van der Waals surface area contributed by atoms with Gasteiger partial charge in [0.2, 0.25) is 5.91 Å². The van der Waals surface area contributed by atoms with E-state index in [-0.39, 0.29) is 17.9 Å². The highest BCUT2D eigenvalue weighted by molar-refractivity contribution is 5.97. The van der Waals surface area contributed by atoms with E-state index in [1.807, 2.05) is 0 Å². The van der Waals surface area contributed by atoms with Crippen LogP contribution in [0.5, 0.6) is 0 Å². The second-order valence-corrected chi connectivity index (χ2v) is 5.53. The molecule has 1 saturated heterocycles. The second-order valence-electron chi connectivity index (χ2n) is 5.53. The molecule has 2 rings (SSSR count). The predicted octanol–water partition coefficient (Wildman–Crippen LogP) is 1.76. The average Bonchev–Trinajstić information content (AvgIpc) is 2.49. The van der Waals surface area contributed by atoms with Gasteiger partial charge in [-0.3, -0.25) is 9.59 Å². The Kier molecular flexibility index (Phi) is 5.33. The number of benzene rings is 1. The first-order valence-electron chi connectivity index (χ1n) is 7.51. The zero-order valence-corrected chi connectivity index (χ0v) is 12.6. The molecular formula is C16H23N3O2. The van der Waals surface area contributed by atoms with Crippen LogP contribution in [0.25, 0.3) is 0 Å². The van der Waals surface area contributed by atoms with Crippen LogP contribution in [-0.2, 0) is 4.79 Å². The third kappa shape index (κ3) is 4.29. The van der Waals surface area contributed by atoms with Gasteiger partial charge in [-0.25, -0.2) is 0 Å². The van der Waals surface area contributed by atoms with Crippen molar-refractivity contribution in [3.8, 4) is 0 Å². The van der Waals surface area contributed by atoms with Crippen LogP contribution >= 0.6 is 0 Å². The zero-order valence-electron chi connectivity index (χ0n) is 12.6. The number of nitrogens with one attached hydrogen (secondary N) is 3. The fraction of sp³-hybridized carbons (Fsp3) is 0.500. The molecule has 1 fully saturated rings. The summed E-state index contributed by atoms with van der Waals surface area (Å²) < 4.78 is 0. The molecule has 1 aromatic rings. The number of anilines is 1. The molecule has 1 aliphatic heterocycles. The molecule has 5 heteroatoms. The first-order valence-corrected chi connectivity index (χ1v) is 7.51. The number of amides is 2. The number of hydrogen-bond acceptors (Lipinski definition) is 3. The quantitative estimate of drug-likeness (QED) is 0.791. The molecule has 0 aromatic heterocycles. The minimum Gasteiger partial charge on any atom is -0.349 e. The van der Waals surface area contributed by atoms with E-state index in [1.165, 1.54) is 0 Å². The van der Waals surface area contributed by atoms with Crippen molar-refractivity contribution in [2.45, 2.75) is 32.7 Å². The minimum absolute atomic E-state index is 0.0560. The van der Waals surface area contributed by atoms with Gasteiger partial charge in [0.05, 0.1) is 0 Å². The van der Waals surface area contributed by atoms with Crippen molar-refractivity contribution < 1.29 is 9.59 Å². The van der Waals surface area contributed by atoms with Gasteiger partial charge >= 0.3 is 0 Å². The van der Waals surface area contributed by atoms with Crippen molar-refractivity contribution in [2.75, 3.05) is 18.4 Å². The third-order valence-corrected chi connectivity index (χ3v) is 3.83. The van der Waals surface area contributed by atoms with Crippen LogP contribution < -0.4 is 16.0 Å². The molecule has 2 amide bonds. The van der Waals surface area contributed by atoms with E-state index in [9.17, 15) is 9.59 Å². The molecule has 114 valence electrons. The first kappa shape index (κ1) is 15.5. The summed E-state index contributed by atoms with van der Waals surface area (Å²) in [6.07, 6.45) is 1.36. The number of hydrogen-bond donors (Lipinski definition) is 3. The minimum atomic E-state index is -0.0821. The van der Waals surface area contributed by atoms with E-state index >= 15 is 0 Å². The van der Waals surface area contributed by atoms with Gasteiger partial charge in [-0.05, 0) is 43.6 Å². The SMILES string of the molecule is CCC(=O)Nc1cccc(C(=O)NC2CCNCC2C)c1. The van der Waals surface area contributed by atoms with E-state index in [1.54, 1.807) is 31.2 Å². The van der Waals surface area contributed by atoms with E-state index < -0.39 is 0 Å². The molecule has 0 spiro atoms. The third-order valence-electron chi connectivity index (χ3n) is 3.83. The monoisotopic (exact) mass is 289 g/mol. The van der Waals surface area contributed by atoms with Crippen LogP contribution in [-0.4, -0.2) is 30.9 Å². The standard InChI is InChI=1S/C16H23N3O2/c1-3-15(20)18-13-6-4-5-12(9-13)16(21)19-14-7-8-17-10-11(14)2/h4-6,9,11,14,17H,3,7-8,10H2,1-2H3,(H,18,20)(H,19,21). The van der Waals surface area contributed by atoms with Crippen LogP contribution in [0.3, 0.4) is 0 Å². The van der Waals surface area contributed by atoms with Gasteiger partial charge in [-0.2, -0.15) is 0 Å². The number of piperidine rings is 1. The molecule has 0 bridgehead atoms. The Labute approximate surface area is 125 Å². The smallest absolute Gasteiger partial charge is 0.251 e. The normalized spacial score (nSPS) is 21.6. The molecule has 1 heterocycles. The summed E-state index contributed by atoms with van der Waals surface area (Å²) >= 11 is 0. The maximum atomic E-state index is 12.3. The average molecular weight is 289 g/mol. The fourth-order valence-electron chi connectivity index (χ4n) is 2.47. The Balaban J connectivity index is 2.01. The molecule has 1 aromatic carbocycles. The van der Waals surface area contributed by atoms with Crippen LogP contribution in [0.4, 0.5) is 5.69 Å². The fourth-order valence-corrected chi connectivity index (χ4v) is 2.47. The van der Waals surface area contributed by atoms with Crippen LogP contribution in [0, 0.1) is 5.92 Å². The molecule has 3 N–H and O–H groups in total.